The van der Waals surface area contributed by atoms with Gasteiger partial charge in [0.1, 0.15) is 5.41 Å². The summed E-state index contributed by atoms with van der Waals surface area (Å²) in [5.41, 5.74) is -2.96. The van der Waals surface area contributed by atoms with Gasteiger partial charge in [-0.1, -0.05) is 20.8 Å². The van der Waals surface area contributed by atoms with Crippen molar-refractivity contribution in [3.8, 4) is 0 Å². The van der Waals surface area contributed by atoms with Crippen LogP contribution in [0.1, 0.15) is 52.9 Å². The average molecular weight is 348 g/mol. The zero-order valence-corrected chi connectivity index (χ0v) is 14.7. The molecule has 0 saturated carbocycles. The minimum atomic E-state index is -4.58. The smallest absolute Gasteiger partial charge is 0.342 e. The highest BCUT2D eigenvalue weighted by Gasteiger charge is 2.62. The number of hydrogen-bond acceptors (Lipinski definition) is 2. The van der Waals surface area contributed by atoms with Crippen molar-refractivity contribution in [2.75, 3.05) is 26.2 Å². The second kappa shape index (κ2) is 6.56. The number of alkyl halides is 3. The Morgan fingerprint density at radius 3 is 1.75 bits per heavy atom. The first-order chi connectivity index (χ1) is 11.0. The van der Waals surface area contributed by atoms with E-state index in [1.807, 2.05) is 0 Å². The topological polar surface area (TPSA) is 40.6 Å². The van der Waals surface area contributed by atoms with Crippen molar-refractivity contribution < 1.29 is 22.8 Å². The van der Waals surface area contributed by atoms with Crippen molar-refractivity contribution in [2.45, 2.75) is 59.1 Å². The SMILES string of the molecule is CC(C)(C)C(=O)N1CCC(C(=O)N2CCCCC2)(C(F)(F)F)CC1. The zero-order chi connectivity index (χ0) is 18.2. The summed E-state index contributed by atoms with van der Waals surface area (Å²) in [7, 11) is 0. The molecule has 2 aliphatic heterocycles. The highest BCUT2D eigenvalue weighted by atomic mass is 19.4. The van der Waals surface area contributed by atoms with Crippen LogP contribution < -0.4 is 0 Å². The first-order valence-electron chi connectivity index (χ1n) is 8.64. The van der Waals surface area contributed by atoms with Gasteiger partial charge < -0.3 is 9.80 Å². The van der Waals surface area contributed by atoms with Gasteiger partial charge >= 0.3 is 6.18 Å². The number of carbonyl (C=O) groups is 2. The molecule has 2 fully saturated rings. The van der Waals surface area contributed by atoms with Crippen LogP contribution in [0.3, 0.4) is 0 Å². The van der Waals surface area contributed by atoms with Crippen molar-refractivity contribution in [1.29, 1.82) is 0 Å². The fourth-order valence-electron chi connectivity index (χ4n) is 3.58. The molecule has 0 aromatic rings. The summed E-state index contributed by atoms with van der Waals surface area (Å²) in [6.45, 7) is 6.02. The van der Waals surface area contributed by atoms with Crippen LogP contribution in [0.15, 0.2) is 0 Å². The van der Waals surface area contributed by atoms with E-state index < -0.39 is 22.9 Å². The van der Waals surface area contributed by atoms with Gasteiger partial charge in [-0.15, -0.1) is 0 Å². The van der Waals surface area contributed by atoms with Gasteiger partial charge in [-0.2, -0.15) is 13.2 Å². The van der Waals surface area contributed by atoms with E-state index in [4.69, 9.17) is 0 Å². The molecule has 0 aromatic carbocycles. The summed E-state index contributed by atoms with van der Waals surface area (Å²) in [5.74, 6) is -0.957. The molecule has 2 heterocycles. The Kier molecular flexibility index (Phi) is 5.21. The van der Waals surface area contributed by atoms with Gasteiger partial charge in [0.2, 0.25) is 11.8 Å². The van der Waals surface area contributed by atoms with Crippen LogP contribution in [0, 0.1) is 10.8 Å². The van der Waals surface area contributed by atoms with Gasteiger partial charge in [0.05, 0.1) is 0 Å². The number of amides is 2. The highest BCUT2D eigenvalue weighted by molar-refractivity contribution is 5.85. The molecule has 2 amide bonds. The Morgan fingerprint density at radius 1 is 0.833 bits per heavy atom. The number of nitrogens with zero attached hydrogens (tertiary/aromatic N) is 2. The first-order valence-corrected chi connectivity index (χ1v) is 8.64. The summed E-state index contributed by atoms with van der Waals surface area (Å²) in [6.07, 6.45) is -2.79. The maximum Gasteiger partial charge on any atom is 0.403 e. The molecular formula is C17H27F3N2O2. The van der Waals surface area contributed by atoms with E-state index in [2.05, 4.69) is 0 Å². The monoisotopic (exact) mass is 348 g/mol. The van der Waals surface area contributed by atoms with Crippen LogP contribution in [0.5, 0.6) is 0 Å². The minimum absolute atomic E-state index is 0.0187. The second-order valence-electron chi connectivity index (χ2n) is 7.97. The summed E-state index contributed by atoms with van der Waals surface area (Å²) in [4.78, 5) is 27.8. The lowest BCUT2D eigenvalue weighted by Crippen LogP contribution is -2.59. The van der Waals surface area contributed by atoms with E-state index in [0.717, 1.165) is 19.3 Å². The zero-order valence-electron chi connectivity index (χ0n) is 14.7. The fourth-order valence-corrected chi connectivity index (χ4v) is 3.58. The molecule has 2 saturated heterocycles. The number of hydrogen-bond donors (Lipinski definition) is 0. The Morgan fingerprint density at radius 2 is 1.33 bits per heavy atom. The fraction of sp³-hybridized carbons (Fsp3) is 0.882. The maximum absolute atomic E-state index is 13.8. The summed E-state index contributed by atoms with van der Waals surface area (Å²) in [6, 6.07) is 0. The van der Waals surface area contributed by atoms with Crippen LogP contribution in [0.25, 0.3) is 0 Å². The number of piperidine rings is 2. The molecule has 0 N–H and O–H groups in total. The molecule has 2 aliphatic rings. The Hall–Kier alpha value is -1.27. The lowest BCUT2D eigenvalue weighted by molar-refractivity contribution is -0.239. The lowest BCUT2D eigenvalue weighted by atomic mass is 9.75. The maximum atomic E-state index is 13.8. The molecule has 24 heavy (non-hydrogen) atoms. The van der Waals surface area contributed by atoms with E-state index in [0.29, 0.717) is 13.1 Å². The number of rotatable bonds is 1. The molecule has 0 atom stereocenters. The Bertz CT molecular complexity index is 483. The molecule has 2 rings (SSSR count). The first kappa shape index (κ1) is 19.1. The normalized spacial score (nSPS) is 22.4. The van der Waals surface area contributed by atoms with Gasteiger partial charge in [-0.05, 0) is 32.1 Å². The van der Waals surface area contributed by atoms with Gasteiger partial charge in [0.15, 0.2) is 0 Å². The van der Waals surface area contributed by atoms with E-state index in [9.17, 15) is 22.8 Å². The van der Waals surface area contributed by atoms with Crippen LogP contribution in [0.4, 0.5) is 13.2 Å². The van der Waals surface area contributed by atoms with Crippen LogP contribution >= 0.6 is 0 Å². The van der Waals surface area contributed by atoms with E-state index in [1.54, 1.807) is 20.8 Å². The molecule has 138 valence electrons. The van der Waals surface area contributed by atoms with Crippen molar-refractivity contribution in [1.82, 2.24) is 9.80 Å². The largest absolute Gasteiger partial charge is 0.403 e. The van der Waals surface area contributed by atoms with Crippen LogP contribution in [-0.2, 0) is 9.59 Å². The van der Waals surface area contributed by atoms with Crippen molar-refractivity contribution in [2.24, 2.45) is 10.8 Å². The van der Waals surface area contributed by atoms with Crippen molar-refractivity contribution in [3.05, 3.63) is 0 Å². The number of halogens is 3. The van der Waals surface area contributed by atoms with Gasteiger partial charge in [0.25, 0.3) is 0 Å². The molecule has 0 radical (unpaired) electrons. The minimum Gasteiger partial charge on any atom is -0.342 e. The quantitative estimate of drug-likeness (QED) is 0.730. The van der Waals surface area contributed by atoms with E-state index in [1.165, 1.54) is 9.80 Å². The number of likely N-dealkylation sites (tertiary alicyclic amines) is 2. The standard InChI is InChI=1S/C17H27F3N2O2/c1-15(2,3)13(23)22-11-7-16(8-12-22,17(18,19)20)14(24)21-9-5-4-6-10-21/h4-12H2,1-3H3. The van der Waals surface area contributed by atoms with E-state index in [-0.39, 0.29) is 31.8 Å². The summed E-state index contributed by atoms with van der Waals surface area (Å²) in [5, 5.41) is 0. The predicted molar refractivity (Wildman–Crippen MR) is 84.2 cm³/mol. The third-order valence-electron chi connectivity index (χ3n) is 5.14. The van der Waals surface area contributed by atoms with Gasteiger partial charge in [-0.25, -0.2) is 0 Å². The third-order valence-corrected chi connectivity index (χ3v) is 5.14. The van der Waals surface area contributed by atoms with Gasteiger partial charge in [-0.3, -0.25) is 9.59 Å². The molecule has 4 nitrogen and oxygen atoms in total. The van der Waals surface area contributed by atoms with Crippen LogP contribution in [-0.4, -0.2) is 54.0 Å². The predicted octanol–water partition coefficient (Wildman–Crippen LogP) is 3.22. The molecule has 0 aliphatic carbocycles. The summed E-state index contributed by atoms with van der Waals surface area (Å²) >= 11 is 0. The highest BCUT2D eigenvalue weighted by Crippen LogP contribution is 2.48. The van der Waals surface area contributed by atoms with Crippen molar-refractivity contribution >= 4 is 11.8 Å². The average Bonchev–Trinajstić information content (AvgIpc) is 2.52. The number of carbonyl (C=O) groups excluding carboxylic acids is 2. The van der Waals surface area contributed by atoms with Crippen molar-refractivity contribution in [3.63, 3.8) is 0 Å². The van der Waals surface area contributed by atoms with Crippen LogP contribution in [0.2, 0.25) is 0 Å². The molecule has 0 bridgehead atoms. The summed E-state index contributed by atoms with van der Waals surface area (Å²) < 4.78 is 41.4. The third kappa shape index (κ3) is 3.54. The molecular weight excluding hydrogens is 321 g/mol. The second-order valence-corrected chi connectivity index (χ2v) is 7.97. The Labute approximate surface area is 141 Å². The molecule has 0 spiro atoms. The molecule has 0 aromatic heterocycles. The van der Waals surface area contributed by atoms with Gasteiger partial charge in [0, 0.05) is 31.6 Å². The Balaban J connectivity index is 2.17. The molecule has 7 heteroatoms. The molecule has 0 unspecified atom stereocenters. The van der Waals surface area contributed by atoms with E-state index >= 15 is 0 Å². The lowest BCUT2D eigenvalue weighted by Gasteiger charge is -2.45.